The lowest BCUT2D eigenvalue weighted by Crippen LogP contribution is -2.43. The lowest BCUT2D eigenvalue weighted by molar-refractivity contribution is -0.161. The number of esters is 1. The van der Waals surface area contributed by atoms with Gasteiger partial charge in [0.1, 0.15) is 23.0 Å². The van der Waals surface area contributed by atoms with Crippen molar-refractivity contribution >= 4 is 16.9 Å². The molecule has 5 heteroatoms. The zero-order valence-electron chi connectivity index (χ0n) is 16.3. The fourth-order valence-corrected chi connectivity index (χ4v) is 3.35. The standard InChI is InChI=1S/C21H26O5/c1-7-20(3,4)15-9-13-8-14-10-18(21(5,6)26-12(2)22)24-16(14)11-17(13)25-19(15)23/h8-9,11,18H,7,10H2,1-6H3/t18-/m0/s1. The molecular weight excluding hydrogens is 332 g/mol. The molecule has 1 aliphatic rings. The first-order valence-corrected chi connectivity index (χ1v) is 9.01. The molecule has 0 radical (unpaired) electrons. The van der Waals surface area contributed by atoms with Crippen LogP contribution in [-0.4, -0.2) is 17.7 Å². The number of hydrogen-bond acceptors (Lipinski definition) is 5. The van der Waals surface area contributed by atoms with Crippen molar-refractivity contribution < 1.29 is 18.7 Å². The Morgan fingerprint density at radius 1 is 1.23 bits per heavy atom. The maximum absolute atomic E-state index is 12.4. The van der Waals surface area contributed by atoms with Crippen molar-refractivity contribution in [2.75, 3.05) is 0 Å². The second kappa shape index (κ2) is 6.15. The molecule has 5 nitrogen and oxygen atoms in total. The normalized spacial score (nSPS) is 17.1. The Labute approximate surface area is 153 Å². The summed E-state index contributed by atoms with van der Waals surface area (Å²) >= 11 is 0. The Morgan fingerprint density at radius 2 is 1.92 bits per heavy atom. The van der Waals surface area contributed by atoms with Crippen LogP contribution in [0.1, 0.15) is 59.1 Å². The van der Waals surface area contributed by atoms with Crippen molar-refractivity contribution in [3.05, 3.63) is 39.7 Å². The number of rotatable bonds is 4. The topological polar surface area (TPSA) is 65.7 Å². The number of ether oxygens (including phenoxy) is 2. The summed E-state index contributed by atoms with van der Waals surface area (Å²) in [4.78, 5) is 23.8. The smallest absolute Gasteiger partial charge is 0.340 e. The van der Waals surface area contributed by atoms with Gasteiger partial charge in [-0.25, -0.2) is 4.79 Å². The van der Waals surface area contributed by atoms with Gasteiger partial charge in [0.15, 0.2) is 0 Å². The Balaban J connectivity index is 2.01. The third kappa shape index (κ3) is 3.22. The molecule has 1 atom stereocenters. The van der Waals surface area contributed by atoms with Gasteiger partial charge in [0, 0.05) is 30.4 Å². The lowest BCUT2D eigenvalue weighted by Gasteiger charge is -2.30. The van der Waals surface area contributed by atoms with Crippen molar-refractivity contribution in [2.45, 2.75) is 71.5 Å². The SMILES string of the molecule is CCC(C)(C)c1cc2cc3c(cc2oc1=O)O[C@H](C(C)(C)OC(C)=O)C3. The first-order valence-electron chi connectivity index (χ1n) is 9.01. The van der Waals surface area contributed by atoms with E-state index in [0.717, 1.165) is 17.4 Å². The summed E-state index contributed by atoms with van der Waals surface area (Å²) < 4.78 is 17.0. The van der Waals surface area contributed by atoms with Crippen LogP contribution in [-0.2, 0) is 21.4 Å². The molecule has 0 fully saturated rings. The summed E-state index contributed by atoms with van der Waals surface area (Å²) in [5.41, 5.74) is 0.923. The fourth-order valence-electron chi connectivity index (χ4n) is 3.35. The second-order valence-electron chi connectivity index (χ2n) is 8.19. The van der Waals surface area contributed by atoms with E-state index in [4.69, 9.17) is 13.9 Å². The highest BCUT2D eigenvalue weighted by atomic mass is 16.6. The van der Waals surface area contributed by atoms with Crippen molar-refractivity contribution in [3.8, 4) is 5.75 Å². The van der Waals surface area contributed by atoms with Gasteiger partial charge >= 0.3 is 11.6 Å². The highest BCUT2D eigenvalue weighted by Gasteiger charge is 2.39. The second-order valence-corrected chi connectivity index (χ2v) is 8.19. The summed E-state index contributed by atoms with van der Waals surface area (Å²) in [5, 5.41) is 0.884. The molecule has 2 heterocycles. The first kappa shape index (κ1) is 18.5. The van der Waals surface area contributed by atoms with Crippen LogP contribution < -0.4 is 10.4 Å². The number of benzene rings is 1. The Hall–Kier alpha value is -2.30. The lowest BCUT2D eigenvalue weighted by atomic mass is 9.83. The number of fused-ring (bicyclic) bond motifs is 2. The van der Waals surface area contributed by atoms with E-state index in [-0.39, 0.29) is 23.1 Å². The molecule has 0 saturated heterocycles. The summed E-state index contributed by atoms with van der Waals surface area (Å²) in [6, 6.07) is 5.70. The minimum absolute atomic E-state index is 0.246. The predicted octanol–water partition coefficient (Wildman–Crippen LogP) is 4.13. The molecule has 0 saturated carbocycles. The van der Waals surface area contributed by atoms with Gasteiger partial charge in [-0.15, -0.1) is 0 Å². The van der Waals surface area contributed by atoms with E-state index in [0.29, 0.717) is 23.3 Å². The van der Waals surface area contributed by atoms with Gasteiger partial charge < -0.3 is 13.9 Å². The van der Waals surface area contributed by atoms with Crippen LogP contribution in [0.2, 0.25) is 0 Å². The van der Waals surface area contributed by atoms with E-state index < -0.39 is 5.60 Å². The number of carbonyl (C=O) groups is 1. The fraction of sp³-hybridized carbons (Fsp3) is 0.524. The van der Waals surface area contributed by atoms with E-state index in [1.54, 1.807) is 6.07 Å². The van der Waals surface area contributed by atoms with E-state index in [1.807, 2.05) is 39.8 Å². The quantitative estimate of drug-likeness (QED) is 0.607. The summed E-state index contributed by atoms with van der Waals surface area (Å²) in [7, 11) is 0. The highest BCUT2D eigenvalue weighted by molar-refractivity contribution is 5.80. The van der Waals surface area contributed by atoms with Crippen molar-refractivity contribution in [1.29, 1.82) is 0 Å². The Morgan fingerprint density at radius 3 is 2.54 bits per heavy atom. The molecule has 0 spiro atoms. The minimum atomic E-state index is -0.743. The first-order chi connectivity index (χ1) is 12.0. The third-order valence-corrected chi connectivity index (χ3v) is 5.39. The van der Waals surface area contributed by atoms with Gasteiger partial charge in [-0.3, -0.25) is 4.79 Å². The molecule has 1 aliphatic heterocycles. The maximum atomic E-state index is 12.4. The summed E-state index contributed by atoms with van der Waals surface area (Å²) in [5.74, 6) is 0.338. The predicted molar refractivity (Wildman–Crippen MR) is 99.8 cm³/mol. The van der Waals surface area contributed by atoms with Crippen molar-refractivity contribution in [2.24, 2.45) is 0 Å². The van der Waals surface area contributed by atoms with Crippen LogP contribution in [0.4, 0.5) is 0 Å². The van der Waals surface area contributed by atoms with Gasteiger partial charge in [0.2, 0.25) is 0 Å². The van der Waals surface area contributed by atoms with Crippen LogP contribution in [0.25, 0.3) is 11.0 Å². The van der Waals surface area contributed by atoms with Crippen molar-refractivity contribution in [1.82, 2.24) is 0 Å². The minimum Gasteiger partial charge on any atom is -0.485 e. The molecule has 1 aromatic heterocycles. The van der Waals surface area contributed by atoms with Gasteiger partial charge in [-0.05, 0) is 43.4 Å². The maximum Gasteiger partial charge on any atom is 0.340 e. The average molecular weight is 358 g/mol. The summed E-state index contributed by atoms with van der Waals surface area (Å²) in [6.07, 6.45) is 1.20. The third-order valence-electron chi connectivity index (χ3n) is 5.39. The zero-order chi connectivity index (χ0) is 19.3. The molecule has 0 unspecified atom stereocenters. The molecule has 0 amide bonds. The van der Waals surface area contributed by atoms with E-state index >= 15 is 0 Å². The molecule has 0 aliphatic carbocycles. The largest absolute Gasteiger partial charge is 0.485 e. The molecule has 3 rings (SSSR count). The van der Waals surface area contributed by atoms with E-state index in [9.17, 15) is 9.59 Å². The van der Waals surface area contributed by atoms with Crippen LogP contribution in [0.5, 0.6) is 5.75 Å². The van der Waals surface area contributed by atoms with E-state index in [2.05, 4.69) is 6.92 Å². The van der Waals surface area contributed by atoms with Crippen LogP contribution in [0, 0.1) is 0 Å². The monoisotopic (exact) mass is 358 g/mol. The average Bonchev–Trinajstić information content (AvgIpc) is 2.94. The van der Waals surface area contributed by atoms with Crippen LogP contribution >= 0.6 is 0 Å². The molecule has 2 aromatic rings. The molecule has 140 valence electrons. The van der Waals surface area contributed by atoms with E-state index in [1.165, 1.54) is 6.92 Å². The Bertz CT molecular complexity index is 920. The van der Waals surface area contributed by atoms with Gasteiger partial charge in [0.25, 0.3) is 0 Å². The molecule has 26 heavy (non-hydrogen) atoms. The highest BCUT2D eigenvalue weighted by Crippen LogP contribution is 2.38. The zero-order valence-corrected chi connectivity index (χ0v) is 16.3. The Kier molecular flexibility index (Phi) is 4.37. The van der Waals surface area contributed by atoms with Crippen LogP contribution in [0.3, 0.4) is 0 Å². The molecular formula is C21H26O5. The molecule has 0 N–H and O–H groups in total. The molecule has 0 bridgehead atoms. The van der Waals surface area contributed by atoms with Gasteiger partial charge in [-0.2, -0.15) is 0 Å². The summed E-state index contributed by atoms with van der Waals surface area (Å²) in [6.45, 7) is 11.2. The van der Waals surface area contributed by atoms with Crippen LogP contribution in [0.15, 0.2) is 27.4 Å². The van der Waals surface area contributed by atoms with Gasteiger partial charge in [0.05, 0.1) is 0 Å². The number of hydrogen-bond donors (Lipinski definition) is 0. The molecule has 1 aromatic carbocycles. The van der Waals surface area contributed by atoms with Crippen molar-refractivity contribution in [3.63, 3.8) is 0 Å². The number of carbonyl (C=O) groups excluding carboxylic acids is 1. The van der Waals surface area contributed by atoms with Gasteiger partial charge in [-0.1, -0.05) is 20.8 Å².